The normalized spacial score (nSPS) is 12.5. The minimum Gasteiger partial charge on any atom is -0.480 e. The molecule has 0 spiro atoms. The number of aliphatic carboxylic acids is 1. The van der Waals surface area contributed by atoms with Crippen molar-refractivity contribution in [3.63, 3.8) is 0 Å². The van der Waals surface area contributed by atoms with Crippen LogP contribution >= 0.6 is 0 Å². The van der Waals surface area contributed by atoms with Gasteiger partial charge in [0.05, 0.1) is 0 Å². The van der Waals surface area contributed by atoms with E-state index >= 15 is 0 Å². The van der Waals surface area contributed by atoms with Crippen LogP contribution in [-0.4, -0.2) is 27.1 Å². The quantitative estimate of drug-likeness (QED) is 0.670. The Morgan fingerprint density at radius 2 is 2.46 bits per heavy atom. The molecule has 0 radical (unpaired) electrons. The number of hydrogen-bond donors (Lipinski definition) is 2. The van der Waals surface area contributed by atoms with Gasteiger partial charge in [0.25, 0.3) is 0 Å². The van der Waals surface area contributed by atoms with Crippen molar-refractivity contribution in [2.75, 3.05) is 0 Å². The van der Waals surface area contributed by atoms with E-state index in [9.17, 15) is 4.79 Å². The Morgan fingerprint density at radius 1 is 1.77 bits per heavy atom. The van der Waals surface area contributed by atoms with Crippen LogP contribution in [0.4, 0.5) is 0 Å². The molecule has 0 amide bonds. The molecular formula is C8H11N3O2. The number of aryl methyl sites for hydroxylation is 1. The molecule has 1 atom stereocenters. The summed E-state index contributed by atoms with van der Waals surface area (Å²) in [5, 5.41) is 8.53. The Bertz CT molecular complexity index is 314. The summed E-state index contributed by atoms with van der Waals surface area (Å²) in [5.41, 5.74) is 6.13. The summed E-state index contributed by atoms with van der Waals surface area (Å²) in [6.07, 6.45) is 1.75. The van der Waals surface area contributed by atoms with Gasteiger partial charge in [-0.05, 0) is 13.0 Å². The maximum Gasteiger partial charge on any atom is 0.320 e. The summed E-state index contributed by atoms with van der Waals surface area (Å²) in [5.74, 6) is -0.569. The minimum atomic E-state index is -1.04. The summed E-state index contributed by atoms with van der Waals surface area (Å²) >= 11 is 0. The lowest BCUT2D eigenvalue weighted by molar-refractivity contribution is -0.138. The van der Waals surface area contributed by atoms with Gasteiger partial charge in [0.2, 0.25) is 0 Å². The molecule has 0 aliphatic carbocycles. The van der Waals surface area contributed by atoms with E-state index in [1.54, 1.807) is 12.3 Å². The summed E-state index contributed by atoms with van der Waals surface area (Å²) in [6, 6.07) is 0.817. The molecule has 0 aliphatic heterocycles. The zero-order chi connectivity index (χ0) is 9.84. The number of carbonyl (C=O) groups is 1. The van der Waals surface area contributed by atoms with Crippen LogP contribution < -0.4 is 5.73 Å². The second-order valence-corrected chi connectivity index (χ2v) is 2.76. The SMILES string of the molecule is Cc1ccnc(C[C@@H](N)C(=O)O)n1. The van der Waals surface area contributed by atoms with Gasteiger partial charge in [0.15, 0.2) is 0 Å². The van der Waals surface area contributed by atoms with Crippen LogP contribution in [0.5, 0.6) is 0 Å². The fourth-order valence-corrected chi connectivity index (χ4v) is 0.883. The first-order valence-corrected chi connectivity index (χ1v) is 3.86. The first kappa shape index (κ1) is 9.60. The van der Waals surface area contributed by atoms with Gasteiger partial charge >= 0.3 is 5.97 Å². The lowest BCUT2D eigenvalue weighted by atomic mass is 10.2. The standard InChI is InChI=1S/C8H11N3O2/c1-5-2-3-10-7(11-5)4-6(9)8(12)13/h2-3,6H,4,9H2,1H3,(H,12,13)/t6-/m1/s1. The van der Waals surface area contributed by atoms with Crippen molar-refractivity contribution in [2.45, 2.75) is 19.4 Å². The highest BCUT2D eigenvalue weighted by atomic mass is 16.4. The maximum absolute atomic E-state index is 10.4. The highest BCUT2D eigenvalue weighted by molar-refractivity contribution is 5.73. The van der Waals surface area contributed by atoms with Crippen LogP contribution in [0.25, 0.3) is 0 Å². The average Bonchev–Trinajstić information content (AvgIpc) is 2.04. The number of nitrogens with zero attached hydrogens (tertiary/aromatic N) is 2. The highest BCUT2D eigenvalue weighted by Crippen LogP contribution is 1.96. The van der Waals surface area contributed by atoms with E-state index in [2.05, 4.69) is 9.97 Å². The van der Waals surface area contributed by atoms with Gasteiger partial charge in [-0.15, -0.1) is 0 Å². The molecule has 3 N–H and O–H groups in total. The average molecular weight is 181 g/mol. The molecule has 0 aromatic carbocycles. The molecule has 0 aliphatic rings. The van der Waals surface area contributed by atoms with Gasteiger partial charge in [-0.25, -0.2) is 9.97 Å². The molecule has 70 valence electrons. The fraction of sp³-hybridized carbons (Fsp3) is 0.375. The molecular weight excluding hydrogens is 170 g/mol. The summed E-state index contributed by atoms with van der Waals surface area (Å²) in [6.45, 7) is 1.82. The Balaban J connectivity index is 2.69. The second-order valence-electron chi connectivity index (χ2n) is 2.76. The van der Waals surface area contributed by atoms with Crippen LogP contribution in [0.3, 0.4) is 0 Å². The fourth-order valence-electron chi connectivity index (χ4n) is 0.883. The summed E-state index contributed by atoms with van der Waals surface area (Å²) < 4.78 is 0. The lowest BCUT2D eigenvalue weighted by Crippen LogP contribution is -2.32. The van der Waals surface area contributed by atoms with Gasteiger partial charge in [0.1, 0.15) is 11.9 Å². The van der Waals surface area contributed by atoms with Crippen molar-refractivity contribution in [3.05, 3.63) is 23.8 Å². The number of nitrogens with two attached hydrogens (primary N) is 1. The lowest BCUT2D eigenvalue weighted by Gasteiger charge is -2.04. The predicted molar refractivity (Wildman–Crippen MR) is 46.1 cm³/mol. The number of aromatic nitrogens is 2. The second kappa shape index (κ2) is 3.95. The van der Waals surface area contributed by atoms with E-state index in [0.29, 0.717) is 5.82 Å². The number of carboxylic acid groups (broad SMARTS) is 1. The Morgan fingerprint density at radius 3 is 3.00 bits per heavy atom. The number of hydrogen-bond acceptors (Lipinski definition) is 4. The van der Waals surface area contributed by atoms with E-state index < -0.39 is 12.0 Å². The topological polar surface area (TPSA) is 89.1 Å². The van der Waals surface area contributed by atoms with Crippen LogP contribution in [0, 0.1) is 6.92 Å². The molecule has 13 heavy (non-hydrogen) atoms. The third kappa shape index (κ3) is 2.79. The van der Waals surface area contributed by atoms with E-state index in [-0.39, 0.29) is 6.42 Å². The number of carboxylic acids is 1. The first-order chi connectivity index (χ1) is 6.09. The highest BCUT2D eigenvalue weighted by Gasteiger charge is 2.13. The van der Waals surface area contributed by atoms with Crippen molar-refractivity contribution in [3.8, 4) is 0 Å². The van der Waals surface area contributed by atoms with Crippen molar-refractivity contribution >= 4 is 5.97 Å². The molecule has 5 nitrogen and oxygen atoms in total. The van der Waals surface area contributed by atoms with Crippen molar-refractivity contribution in [2.24, 2.45) is 5.73 Å². The van der Waals surface area contributed by atoms with Crippen molar-refractivity contribution < 1.29 is 9.90 Å². The predicted octanol–water partition coefficient (Wildman–Crippen LogP) is -0.261. The molecule has 1 aromatic heterocycles. The molecule has 1 aromatic rings. The monoisotopic (exact) mass is 181 g/mol. The molecule has 1 rings (SSSR count). The van der Waals surface area contributed by atoms with E-state index in [4.69, 9.17) is 10.8 Å². The van der Waals surface area contributed by atoms with Gasteiger partial charge in [-0.1, -0.05) is 0 Å². The molecule has 0 fully saturated rings. The molecule has 0 saturated carbocycles. The third-order valence-corrected chi connectivity index (χ3v) is 1.56. The zero-order valence-corrected chi connectivity index (χ0v) is 7.27. The molecule has 5 heteroatoms. The van der Waals surface area contributed by atoms with Gasteiger partial charge in [-0.2, -0.15) is 0 Å². The summed E-state index contributed by atoms with van der Waals surface area (Å²) in [4.78, 5) is 18.4. The molecule has 0 unspecified atom stereocenters. The van der Waals surface area contributed by atoms with Crippen molar-refractivity contribution in [1.29, 1.82) is 0 Å². The molecule has 1 heterocycles. The smallest absolute Gasteiger partial charge is 0.320 e. The van der Waals surface area contributed by atoms with Crippen LogP contribution in [-0.2, 0) is 11.2 Å². The Labute approximate surface area is 75.6 Å². The van der Waals surface area contributed by atoms with Crippen LogP contribution in [0.15, 0.2) is 12.3 Å². The minimum absolute atomic E-state index is 0.164. The van der Waals surface area contributed by atoms with Crippen LogP contribution in [0.2, 0.25) is 0 Å². The van der Waals surface area contributed by atoms with Gasteiger partial charge in [0, 0.05) is 18.3 Å². The summed E-state index contributed by atoms with van der Waals surface area (Å²) in [7, 11) is 0. The van der Waals surface area contributed by atoms with Crippen LogP contribution in [0.1, 0.15) is 11.5 Å². The first-order valence-electron chi connectivity index (χ1n) is 3.86. The van der Waals surface area contributed by atoms with E-state index in [1.165, 1.54) is 0 Å². The van der Waals surface area contributed by atoms with Gasteiger partial charge < -0.3 is 10.8 Å². The molecule has 0 bridgehead atoms. The largest absolute Gasteiger partial charge is 0.480 e. The van der Waals surface area contributed by atoms with E-state index in [0.717, 1.165) is 5.69 Å². The van der Waals surface area contributed by atoms with Gasteiger partial charge in [-0.3, -0.25) is 4.79 Å². The van der Waals surface area contributed by atoms with Crippen molar-refractivity contribution in [1.82, 2.24) is 9.97 Å². The number of rotatable bonds is 3. The molecule has 0 saturated heterocycles. The van der Waals surface area contributed by atoms with E-state index in [1.807, 2.05) is 6.92 Å². The third-order valence-electron chi connectivity index (χ3n) is 1.56. The Kier molecular flexibility index (Phi) is 2.92. The zero-order valence-electron chi connectivity index (χ0n) is 7.27. The Hall–Kier alpha value is -1.49. The maximum atomic E-state index is 10.4.